The van der Waals surface area contributed by atoms with Crippen LogP contribution in [-0.4, -0.2) is 31.0 Å². The van der Waals surface area contributed by atoms with Crippen LogP contribution in [0.1, 0.15) is 49.4 Å². The van der Waals surface area contributed by atoms with Crippen LogP contribution in [0.3, 0.4) is 0 Å². The maximum Gasteiger partial charge on any atom is 0.416 e. The number of alkyl halides is 3. The van der Waals surface area contributed by atoms with Gasteiger partial charge in [0.05, 0.1) is 36.4 Å². The molecule has 2 aromatic rings. The number of rotatable bonds is 10. The van der Waals surface area contributed by atoms with Crippen LogP contribution < -0.4 is 15.4 Å². The molecule has 1 aliphatic rings. The Balaban J connectivity index is 1.97. The van der Waals surface area contributed by atoms with Crippen LogP contribution in [0.25, 0.3) is 0 Å². The maximum atomic E-state index is 13.2. The summed E-state index contributed by atoms with van der Waals surface area (Å²) >= 11 is 2.19. The summed E-state index contributed by atoms with van der Waals surface area (Å²) in [4.78, 5) is 8.92. The van der Waals surface area contributed by atoms with Crippen molar-refractivity contribution in [3.8, 4) is 11.5 Å². The molecule has 6 nitrogen and oxygen atoms in total. The number of nitrogens with zero attached hydrogens (tertiary/aromatic N) is 2. The highest BCUT2D eigenvalue weighted by molar-refractivity contribution is 14.2. The smallest absolute Gasteiger partial charge is 0.416 e. The third kappa shape index (κ3) is 6.70. The number of hydrogen-bond donors (Lipinski definition) is 2. The van der Waals surface area contributed by atoms with E-state index in [1.165, 1.54) is 12.1 Å². The Morgan fingerprint density at radius 3 is 2.79 bits per heavy atom. The minimum Gasteiger partial charge on any atom is -0.455 e. The first-order chi connectivity index (χ1) is 15.7. The summed E-state index contributed by atoms with van der Waals surface area (Å²) in [6, 6.07) is 4.78. The van der Waals surface area contributed by atoms with Gasteiger partial charge in [0, 0.05) is 19.2 Å². The molecule has 2 heterocycles. The van der Waals surface area contributed by atoms with Crippen molar-refractivity contribution < 1.29 is 22.4 Å². The van der Waals surface area contributed by atoms with Crippen molar-refractivity contribution in [3.05, 3.63) is 47.2 Å². The van der Waals surface area contributed by atoms with Gasteiger partial charge in [0.25, 0.3) is 0 Å². The van der Waals surface area contributed by atoms with Crippen molar-refractivity contribution >= 4 is 40.1 Å². The van der Waals surface area contributed by atoms with E-state index >= 15 is 0 Å². The molecule has 0 fully saturated rings. The lowest BCUT2D eigenvalue weighted by atomic mass is 9.96. The number of ether oxygens (including phenoxy) is 1. The van der Waals surface area contributed by atoms with Crippen molar-refractivity contribution in [3.63, 3.8) is 0 Å². The van der Waals surface area contributed by atoms with Crippen LogP contribution in [-0.2, 0) is 10.7 Å². The van der Waals surface area contributed by atoms with Gasteiger partial charge in [-0.3, -0.25) is 4.99 Å². The first-order valence-electron chi connectivity index (χ1n) is 10.6. The van der Waals surface area contributed by atoms with Crippen molar-refractivity contribution in [1.29, 1.82) is 0 Å². The first-order valence-corrected chi connectivity index (χ1v) is 14.6. The number of halogens is 4. The van der Waals surface area contributed by atoms with Crippen molar-refractivity contribution in [2.24, 2.45) is 10.9 Å². The van der Waals surface area contributed by atoms with Gasteiger partial charge in [0.2, 0.25) is 0 Å². The quantitative estimate of drug-likeness (QED) is 0.182. The molecule has 0 spiro atoms. The number of amidine groups is 1. The minimum atomic E-state index is -4.45. The van der Waals surface area contributed by atoms with Gasteiger partial charge in [0.1, 0.15) is 17.4 Å². The molecule has 0 radical (unpaired) electrons. The first kappa shape index (κ1) is 26.0. The normalized spacial score (nSPS) is 17.1. The lowest BCUT2D eigenvalue weighted by molar-refractivity contribution is -0.137. The van der Waals surface area contributed by atoms with Gasteiger partial charge < -0.3 is 19.9 Å². The molecule has 0 saturated carbocycles. The molecule has 3 rings (SSSR count). The number of hydrogen-bond acceptors (Lipinski definition) is 5. The highest BCUT2D eigenvalue weighted by Crippen LogP contribution is 2.42. The van der Waals surface area contributed by atoms with E-state index in [0.29, 0.717) is 42.9 Å². The average Bonchev–Trinajstić information content (AvgIpc) is 3.13. The van der Waals surface area contributed by atoms with Crippen LogP contribution >= 0.6 is 28.5 Å². The van der Waals surface area contributed by atoms with Gasteiger partial charge in [-0.05, 0) is 59.0 Å². The molecule has 0 aliphatic carbocycles. The van der Waals surface area contributed by atoms with E-state index in [2.05, 4.69) is 56.5 Å². The molecule has 2 N–H and O–H groups in total. The van der Waals surface area contributed by atoms with E-state index in [4.69, 9.17) is 9.26 Å². The van der Waals surface area contributed by atoms with Gasteiger partial charge in [-0.15, -0.1) is 0 Å². The van der Waals surface area contributed by atoms with Gasteiger partial charge in [0.15, 0.2) is 5.75 Å². The monoisotopic (exact) mass is 594 g/mol. The molecule has 180 valence electrons. The molecule has 1 aliphatic heterocycles. The molecule has 1 aromatic carbocycles. The number of aromatic nitrogens is 1. The lowest BCUT2D eigenvalue weighted by Gasteiger charge is -2.19. The number of nitrogens with one attached hydrogen (secondary N) is 2. The van der Waals surface area contributed by atoms with Crippen molar-refractivity contribution in [2.45, 2.75) is 38.9 Å². The highest BCUT2D eigenvalue weighted by Gasteiger charge is 2.35. The average molecular weight is 594 g/mol. The zero-order valence-electron chi connectivity index (χ0n) is 18.6. The topological polar surface area (TPSA) is 67.8 Å². The molecule has 0 saturated heterocycles. The maximum absolute atomic E-state index is 13.2. The standard InChI is InChI=1S/C22H27F3IN4O2P/c1-13(2)10-16-18-17(32-15-7-4-6-14(11-15)22(23,24)25)12-29-21(19(18)20(27-3)30-16)28-8-5-9-31-33-26/h4,6-7,11-13,16,33H,5,8-10H2,1-3H3,(H,27,30)(H,28,29). The van der Waals surface area contributed by atoms with E-state index in [0.717, 1.165) is 36.1 Å². The van der Waals surface area contributed by atoms with Crippen LogP contribution in [0.5, 0.6) is 11.5 Å². The van der Waals surface area contributed by atoms with Crippen molar-refractivity contribution in [1.82, 2.24) is 10.3 Å². The number of pyridine rings is 1. The molecule has 2 unspecified atom stereocenters. The Morgan fingerprint density at radius 1 is 1.33 bits per heavy atom. The summed E-state index contributed by atoms with van der Waals surface area (Å²) in [5, 5.41) is 6.78. The van der Waals surface area contributed by atoms with Gasteiger partial charge in [-0.2, -0.15) is 13.2 Å². The molecular weight excluding hydrogens is 567 g/mol. The lowest BCUT2D eigenvalue weighted by Crippen LogP contribution is -2.21. The Bertz CT molecular complexity index is 989. The summed E-state index contributed by atoms with van der Waals surface area (Å²) < 4.78 is 50.9. The molecule has 33 heavy (non-hydrogen) atoms. The number of anilines is 1. The minimum absolute atomic E-state index is 0.0911. The molecule has 1 aromatic heterocycles. The summed E-state index contributed by atoms with van der Waals surface area (Å²) in [6.45, 7) is 5.97. The Hall–Kier alpha value is -1.65. The summed E-state index contributed by atoms with van der Waals surface area (Å²) in [5.41, 5.74) is 0.887. The van der Waals surface area contributed by atoms with Gasteiger partial charge >= 0.3 is 6.18 Å². The zero-order valence-corrected chi connectivity index (χ0v) is 21.8. The third-order valence-corrected chi connectivity index (χ3v) is 6.32. The van der Waals surface area contributed by atoms with Crippen LogP contribution in [0.2, 0.25) is 0 Å². The van der Waals surface area contributed by atoms with E-state index < -0.39 is 11.7 Å². The molecule has 0 amide bonds. The van der Waals surface area contributed by atoms with Crippen molar-refractivity contribution in [2.75, 3.05) is 25.5 Å². The van der Waals surface area contributed by atoms with Crippen LogP contribution in [0.15, 0.2) is 35.5 Å². The molecule has 2 atom stereocenters. The van der Waals surface area contributed by atoms with Crippen LogP contribution in [0, 0.1) is 5.92 Å². The molecule has 0 bridgehead atoms. The third-order valence-electron chi connectivity index (χ3n) is 5.07. The van der Waals surface area contributed by atoms with Gasteiger partial charge in [-0.25, -0.2) is 4.98 Å². The SMILES string of the molecule is CN=C1NC(CC(C)C)c2c(Oc3cccc(C(F)(F)F)c3)cnc(NCCCOPI)c21. The fourth-order valence-corrected chi connectivity index (χ4v) is 4.58. The fraction of sp³-hybridized carbons (Fsp3) is 0.455. The number of benzene rings is 1. The predicted molar refractivity (Wildman–Crippen MR) is 135 cm³/mol. The highest BCUT2D eigenvalue weighted by atomic mass is 127. The fourth-order valence-electron chi connectivity index (χ4n) is 3.70. The summed E-state index contributed by atoms with van der Waals surface area (Å²) in [7, 11) is 1.70. The Kier molecular flexibility index (Phi) is 9.17. The second kappa shape index (κ2) is 11.7. The second-order valence-electron chi connectivity index (χ2n) is 7.99. The van der Waals surface area contributed by atoms with E-state index in [1.807, 2.05) is 0 Å². The Morgan fingerprint density at radius 2 is 2.12 bits per heavy atom. The number of aliphatic imine (C=N–C) groups is 1. The van der Waals surface area contributed by atoms with Crippen LogP contribution in [0.4, 0.5) is 19.0 Å². The predicted octanol–water partition coefficient (Wildman–Crippen LogP) is 6.72. The number of fused-ring (bicyclic) bond motifs is 1. The van der Waals surface area contributed by atoms with E-state index in [-0.39, 0.29) is 11.8 Å². The zero-order chi connectivity index (χ0) is 24.0. The van der Waals surface area contributed by atoms with E-state index in [9.17, 15) is 13.2 Å². The largest absolute Gasteiger partial charge is 0.455 e. The molecular formula is C22H27F3IN4O2P. The Labute approximate surface area is 206 Å². The summed E-state index contributed by atoms with van der Waals surface area (Å²) in [5.74, 6) is 2.25. The second-order valence-corrected chi connectivity index (χ2v) is 9.76. The van der Waals surface area contributed by atoms with Gasteiger partial charge in [-0.1, -0.05) is 19.9 Å². The van der Waals surface area contributed by atoms with E-state index in [1.54, 1.807) is 13.2 Å². The summed E-state index contributed by atoms with van der Waals surface area (Å²) in [6.07, 6.45) is -1.26. The molecule has 11 heteroatoms.